The van der Waals surface area contributed by atoms with E-state index < -0.39 is 12.0 Å². The molecule has 2 aromatic carbocycles. The summed E-state index contributed by atoms with van der Waals surface area (Å²) in [6, 6.07) is 15.3. The molecule has 1 atom stereocenters. The molecule has 1 unspecified atom stereocenters. The Kier molecular flexibility index (Phi) is 5.41. The number of carbonyl (C=O) groups excluding carboxylic acids is 1. The van der Waals surface area contributed by atoms with Gasteiger partial charge < -0.3 is 5.11 Å². The number of nitrogens with zero attached hydrogens (tertiary/aromatic N) is 2. The summed E-state index contributed by atoms with van der Waals surface area (Å²) in [6.45, 7) is 0. The number of aliphatic carboxylic acids is 1. The van der Waals surface area contributed by atoms with Gasteiger partial charge in [-0.25, -0.2) is 9.40 Å². The van der Waals surface area contributed by atoms with Gasteiger partial charge in [-0.05, 0) is 18.1 Å². The maximum Gasteiger partial charge on any atom is 0.303 e. The van der Waals surface area contributed by atoms with Crippen molar-refractivity contribution in [1.82, 2.24) is 5.01 Å². The third-order valence-corrected chi connectivity index (χ3v) is 4.32. The van der Waals surface area contributed by atoms with E-state index in [9.17, 15) is 14.0 Å². The van der Waals surface area contributed by atoms with Crippen LogP contribution in [0.25, 0.3) is 0 Å². The molecule has 2 aromatic rings. The number of hydrogen-bond donors (Lipinski definition) is 1. The summed E-state index contributed by atoms with van der Waals surface area (Å²) < 4.78 is 14.3. The topological polar surface area (TPSA) is 70.0 Å². The predicted molar refractivity (Wildman–Crippen MR) is 95.1 cm³/mol. The average Bonchev–Trinajstić information content (AvgIpc) is 3.08. The van der Waals surface area contributed by atoms with Crippen molar-refractivity contribution in [2.24, 2.45) is 5.10 Å². The molecule has 5 nitrogen and oxygen atoms in total. The van der Waals surface area contributed by atoms with Crippen LogP contribution in [0.5, 0.6) is 0 Å². The molecule has 1 aliphatic rings. The molecule has 0 bridgehead atoms. The smallest absolute Gasteiger partial charge is 0.303 e. The summed E-state index contributed by atoms with van der Waals surface area (Å²) in [4.78, 5) is 23.3. The monoisotopic (exact) mass is 354 g/mol. The predicted octanol–water partition coefficient (Wildman–Crippen LogP) is 3.76. The first-order chi connectivity index (χ1) is 12.6. The molecular formula is C20H19FN2O3. The lowest BCUT2D eigenvalue weighted by Crippen LogP contribution is -2.27. The lowest BCUT2D eigenvalue weighted by Gasteiger charge is -2.22. The van der Waals surface area contributed by atoms with Crippen LogP contribution in [-0.2, 0) is 9.59 Å². The molecule has 6 heteroatoms. The zero-order chi connectivity index (χ0) is 18.5. The van der Waals surface area contributed by atoms with Gasteiger partial charge in [-0.3, -0.25) is 9.59 Å². The van der Waals surface area contributed by atoms with E-state index in [-0.39, 0.29) is 31.0 Å². The van der Waals surface area contributed by atoms with E-state index in [0.29, 0.717) is 17.7 Å². The van der Waals surface area contributed by atoms with Crippen molar-refractivity contribution >= 4 is 17.6 Å². The zero-order valence-electron chi connectivity index (χ0n) is 14.1. The molecular weight excluding hydrogens is 335 g/mol. The highest BCUT2D eigenvalue weighted by atomic mass is 19.1. The van der Waals surface area contributed by atoms with Gasteiger partial charge in [0, 0.05) is 24.8 Å². The van der Waals surface area contributed by atoms with E-state index in [1.165, 1.54) is 11.1 Å². The number of carboxylic acid groups (broad SMARTS) is 1. The van der Waals surface area contributed by atoms with Crippen molar-refractivity contribution < 1.29 is 19.1 Å². The van der Waals surface area contributed by atoms with Gasteiger partial charge in [0.15, 0.2) is 0 Å². The third-order valence-electron chi connectivity index (χ3n) is 4.32. The third kappa shape index (κ3) is 3.96. The quantitative estimate of drug-likeness (QED) is 0.859. The van der Waals surface area contributed by atoms with E-state index in [0.717, 1.165) is 5.56 Å². The van der Waals surface area contributed by atoms with E-state index in [2.05, 4.69) is 5.10 Å². The summed E-state index contributed by atoms with van der Waals surface area (Å²) in [5.41, 5.74) is 2.01. The van der Waals surface area contributed by atoms with Gasteiger partial charge in [0.05, 0.1) is 11.8 Å². The lowest BCUT2D eigenvalue weighted by atomic mass is 9.98. The molecule has 1 amide bonds. The first-order valence-corrected chi connectivity index (χ1v) is 8.47. The van der Waals surface area contributed by atoms with Crippen LogP contribution in [0.2, 0.25) is 0 Å². The number of amides is 1. The van der Waals surface area contributed by atoms with E-state index in [1.807, 2.05) is 30.3 Å². The van der Waals surface area contributed by atoms with Crippen molar-refractivity contribution in [3.05, 3.63) is 71.5 Å². The minimum Gasteiger partial charge on any atom is -0.481 e. The SMILES string of the molecule is O=C(O)CCCC(=O)N1N=C(c2ccccc2)CC1c1ccccc1F. The first-order valence-electron chi connectivity index (χ1n) is 8.47. The summed E-state index contributed by atoms with van der Waals surface area (Å²) in [5, 5.41) is 14.5. The van der Waals surface area contributed by atoms with Crippen LogP contribution in [0.1, 0.15) is 42.9 Å². The second-order valence-corrected chi connectivity index (χ2v) is 6.14. The fourth-order valence-electron chi connectivity index (χ4n) is 3.04. The van der Waals surface area contributed by atoms with Crippen molar-refractivity contribution in [1.29, 1.82) is 0 Å². The van der Waals surface area contributed by atoms with Crippen LogP contribution in [0, 0.1) is 5.82 Å². The maximum absolute atomic E-state index is 14.3. The standard InChI is InChI=1S/C20H19FN2O3/c21-16-10-5-4-9-15(16)18-13-17(14-7-2-1-3-8-14)22-23(18)19(24)11-6-12-20(25)26/h1-5,7-10,18H,6,11-13H2,(H,25,26). The van der Waals surface area contributed by atoms with Gasteiger partial charge in [0.2, 0.25) is 5.91 Å². The molecule has 0 fully saturated rings. The Morgan fingerprint density at radius 1 is 1.08 bits per heavy atom. The van der Waals surface area contributed by atoms with Crippen molar-refractivity contribution in [2.45, 2.75) is 31.7 Å². The second kappa shape index (κ2) is 7.91. The minimum absolute atomic E-state index is 0.0584. The van der Waals surface area contributed by atoms with Gasteiger partial charge in [-0.1, -0.05) is 48.5 Å². The Bertz CT molecular complexity index is 836. The van der Waals surface area contributed by atoms with E-state index >= 15 is 0 Å². The highest BCUT2D eigenvalue weighted by Gasteiger charge is 2.34. The number of rotatable bonds is 6. The van der Waals surface area contributed by atoms with Crippen LogP contribution in [0.3, 0.4) is 0 Å². The molecule has 3 rings (SSSR count). The fourth-order valence-corrected chi connectivity index (χ4v) is 3.04. The van der Waals surface area contributed by atoms with Crippen molar-refractivity contribution in [3.63, 3.8) is 0 Å². The average molecular weight is 354 g/mol. The van der Waals surface area contributed by atoms with Gasteiger partial charge in [-0.15, -0.1) is 0 Å². The van der Waals surface area contributed by atoms with Crippen LogP contribution >= 0.6 is 0 Å². The van der Waals surface area contributed by atoms with Gasteiger partial charge in [0.25, 0.3) is 0 Å². The van der Waals surface area contributed by atoms with Crippen LogP contribution in [0.4, 0.5) is 4.39 Å². The highest BCUT2D eigenvalue weighted by Crippen LogP contribution is 2.34. The first kappa shape index (κ1) is 17.8. The minimum atomic E-state index is -0.946. The molecule has 0 spiro atoms. The van der Waals surface area contributed by atoms with Gasteiger partial charge >= 0.3 is 5.97 Å². The number of hydrogen-bond acceptors (Lipinski definition) is 3. The molecule has 134 valence electrons. The molecule has 1 N–H and O–H groups in total. The number of halogens is 1. The Balaban J connectivity index is 1.87. The molecule has 0 saturated heterocycles. The van der Waals surface area contributed by atoms with Gasteiger partial charge in [0.1, 0.15) is 5.82 Å². The molecule has 0 aliphatic carbocycles. The summed E-state index contributed by atoms with van der Waals surface area (Å²) in [6.07, 6.45) is 0.614. The number of carbonyl (C=O) groups is 2. The Morgan fingerprint density at radius 2 is 1.77 bits per heavy atom. The Hall–Kier alpha value is -3.02. The molecule has 0 saturated carbocycles. The molecule has 1 aliphatic heterocycles. The van der Waals surface area contributed by atoms with Crippen molar-refractivity contribution in [2.75, 3.05) is 0 Å². The summed E-state index contributed by atoms with van der Waals surface area (Å²) in [5.74, 6) is -1.63. The number of benzene rings is 2. The van der Waals surface area contributed by atoms with Crippen molar-refractivity contribution in [3.8, 4) is 0 Å². The fraction of sp³-hybridized carbons (Fsp3) is 0.250. The number of carboxylic acids is 1. The Labute approximate surface area is 150 Å². The summed E-state index contributed by atoms with van der Waals surface area (Å²) >= 11 is 0. The summed E-state index contributed by atoms with van der Waals surface area (Å²) in [7, 11) is 0. The maximum atomic E-state index is 14.3. The van der Waals surface area contributed by atoms with Crippen LogP contribution in [-0.4, -0.2) is 27.7 Å². The lowest BCUT2D eigenvalue weighted by molar-refractivity contribution is -0.137. The molecule has 1 heterocycles. The number of hydrazone groups is 1. The van der Waals surface area contributed by atoms with E-state index in [1.54, 1.807) is 18.2 Å². The molecule has 26 heavy (non-hydrogen) atoms. The molecule has 0 radical (unpaired) electrons. The van der Waals surface area contributed by atoms with E-state index in [4.69, 9.17) is 5.11 Å². The second-order valence-electron chi connectivity index (χ2n) is 6.14. The highest BCUT2D eigenvalue weighted by molar-refractivity contribution is 6.03. The molecule has 0 aromatic heterocycles. The largest absolute Gasteiger partial charge is 0.481 e. The van der Waals surface area contributed by atoms with Crippen LogP contribution < -0.4 is 0 Å². The zero-order valence-corrected chi connectivity index (χ0v) is 14.1. The normalized spacial score (nSPS) is 16.4. The Morgan fingerprint density at radius 3 is 2.46 bits per heavy atom. The van der Waals surface area contributed by atoms with Gasteiger partial charge in [-0.2, -0.15) is 5.10 Å². The van der Waals surface area contributed by atoms with Crippen LogP contribution in [0.15, 0.2) is 59.7 Å².